The molecule has 0 saturated carbocycles. The maximum absolute atomic E-state index is 9.63. The third-order valence-corrected chi connectivity index (χ3v) is 2.49. The van der Waals surface area contributed by atoms with Crippen molar-refractivity contribution in [2.75, 3.05) is 6.54 Å². The Balaban J connectivity index is 2.51. The highest BCUT2D eigenvalue weighted by molar-refractivity contribution is 5.46. The monoisotopic (exact) mass is 195 g/mol. The number of rotatable bonds is 2. The molecular formula is C10H13NO3. The molecule has 14 heavy (non-hydrogen) atoms. The molecule has 0 fully saturated rings. The molecule has 0 radical (unpaired) electrons. The summed E-state index contributed by atoms with van der Waals surface area (Å²) in [5.41, 5.74) is 7.78. The minimum Gasteiger partial charge on any atom is -0.508 e. The molecule has 1 heterocycles. The third kappa shape index (κ3) is 1.37. The summed E-state index contributed by atoms with van der Waals surface area (Å²) in [6.07, 6.45) is -0.813. The van der Waals surface area contributed by atoms with Gasteiger partial charge in [-0.15, -0.1) is 0 Å². The van der Waals surface area contributed by atoms with Gasteiger partial charge in [0.2, 0.25) is 0 Å². The van der Waals surface area contributed by atoms with Crippen molar-refractivity contribution in [3.8, 4) is 5.75 Å². The molecule has 1 aromatic rings. The van der Waals surface area contributed by atoms with Crippen LogP contribution in [0.1, 0.15) is 22.8 Å². The van der Waals surface area contributed by atoms with Crippen molar-refractivity contribution in [3.05, 3.63) is 28.8 Å². The summed E-state index contributed by atoms with van der Waals surface area (Å²) in [5.74, 6) is 0.0900. The molecule has 1 unspecified atom stereocenters. The number of hydrogen-bond acceptors (Lipinski definition) is 4. The van der Waals surface area contributed by atoms with E-state index in [2.05, 4.69) is 0 Å². The number of benzene rings is 1. The van der Waals surface area contributed by atoms with Gasteiger partial charge in [-0.2, -0.15) is 0 Å². The number of phenols is 1. The van der Waals surface area contributed by atoms with E-state index in [9.17, 15) is 10.2 Å². The summed E-state index contributed by atoms with van der Waals surface area (Å²) in [7, 11) is 0. The zero-order chi connectivity index (χ0) is 10.1. The second-order valence-corrected chi connectivity index (χ2v) is 3.38. The number of phenolic OH excluding ortho intramolecular Hbond substituents is 1. The largest absolute Gasteiger partial charge is 0.508 e. The first kappa shape index (κ1) is 9.45. The van der Waals surface area contributed by atoms with E-state index in [1.165, 1.54) is 0 Å². The van der Waals surface area contributed by atoms with Crippen LogP contribution in [-0.4, -0.2) is 16.8 Å². The molecule has 0 bridgehead atoms. The van der Waals surface area contributed by atoms with Crippen molar-refractivity contribution in [2.24, 2.45) is 5.73 Å². The van der Waals surface area contributed by atoms with Crippen molar-refractivity contribution < 1.29 is 14.9 Å². The molecule has 0 amide bonds. The molecule has 0 aliphatic carbocycles. The summed E-state index contributed by atoms with van der Waals surface area (Å²) in [6.45, 7) is 1.08. The number of fused-ring (bicyclic) bond motifs is 1. The van der Waals surface area contributed by atoms with E-state index in [0.29, 0.717) is 18.8 Å². The number of ether oxygens (including phenoxy) is 1. The Morgan fingerprint density at radius 2 is 2.21 bits per heavy atom. The Hall–Kier alpha value is -1.10. The number of aliphatic hydroxyl groups excluding tert-OH is 1. The maximum Gasteiger partial charge on any atom is 0.121 e. The first-order valence-corrected chi connectivity index (χ1v) is 4.53. The highest BCUT2D eigenvalue weighted by Crippen LogP contribution is 2.33. The van der Waals surface area contributed by atoms with Crippen LogP contribution in [0.3, 0.4) is 0 Å². The van der Waals surface area contributed by atoms with Gasteiger partial charge in [-0.05, 0) is 17.2 Å². The average Bonchev–Trinajstić information content (AvgIpc) is 2.64. The van der Waals surface area contributed by atoms with Crippen LogP contribution in [0.15, 0.2) is 12.1 Å². The summed E-state index contributed by atoms with van der Waals surface area (Å²) < 4.78 is 5.24. The van der Waals surface area contributed by atoms with E-state index in [1.54, 1.807) is 6.07 Å². The molecule has 2 rings (SSSR count). The van der Waals surface area contributed by atoms with E-state index < -0.39 is 6.10 Å². The number of aromatic hydroxyl groups is 1. The van der Waals surface area contributed by atoms with E-state index in [0.717, 1.165) is 11.1 Å². The third-order valence-electron chi connectivity index (χ3n) is 2.49. The predicted molar refractivity (Wildman–Crippen MR) is 50.6 cm³/mol. The Kier molecular flexibility index (Phi) is 2.41. The number of aliphatic hydroxyl groups is 1. The SMILES string of the molecule is NCC(O)c1c(O)ccc2c1COC2. The van der Waals surface area contributed by atoms with Gasteiger partial charge in [0.05, 0.1) is 19.3 Å². The molecule has 4 N–H and O–H groups in total. The minimum absolute atomic E-state index is 0.0900. The summed E-state index contributed by atoms with van der Waals surface area (Å²) >= 11 is 0. The average molecular weight is 195 g/mol. The second-order valence-electron chi connectivity index (χ2n) is 3.38. The fourth-order valence-corrected chi connectivity index (χ4v) is 1.76. The standard InChI is InChI=1S/C10H13NO3/c11-3-9(13)10-7-5-14-4-6(7)1-2-8(10)12/h1-2,9,12-13H,3-5,11H2. The second kappa shape index (κ2) is 3.57. The number of hydrogen-bond donors (Lipinski definition) is 3. The zero-order valence-electron chi connectivity index (χ0n) is 7.73. The van der Waals surface area contributed by atoms with Crippen LogP contribution in [0.2, 0.25) is 0 Å². The van der Waals surface area contributed by atoms with Crippen LogP contribution in [0.25, 0.3) is 0 Å². The first-order valence-electron chi connectivity index (χ1n) is 4.53. The Morgan fingerprint density at radius 3 is 2.93 bits per heavy atom. The van der Waals surface area contributed by atoms with Gasteiger partial charge in [0.1, 0.15) is 5.75 Å². The van der Waals surface area contributed by atoms with Gasteiger partial charge in [0.25, 0.3) is 0 Å². The fraction of sp³-hybridized carbons (Fsp3) is 0.400. The number of nitrogens with two attached hydrogens (primary N) is 1. The quantitative estimate of drug-likeness (QED) is 0.639. The zero-order valence-corrected chi connectivity index (χ0v) is 7.73. The van der Waals surface area contributed by atoms with Crippen LogP contribution >= 0.6 is 0 Å². The lowest BCUT2D eigenvalue weighted by Crippen LogP contribution is -2.13. The van der Waals surface area contributed by atoms with E-state index >= 15 is 0 Å². The minimum atomic E-state index is -0.813. The van der Waals surface area contributed by atoms with Gasteiger partial charge in [-0.3, -0.25) is 0 Å². The molecule has 0 spiro atoms. The Bertz CT molecular complexity index is 351. The van der Waals surface area contributed by atoms with Gasteiger partial charge in [0.15, 0.2) is 0 Å². The molecule has 1 aliphatic heterocycles. The Labute approximate surface area is 81.9 Å². The first-order chi connectivity index (χ1) is 6.74. The molecule has 4 nitrogen and oxygen atoms in total. The van der Waals surface area contributed by atoms with Crippen molar-refractivity contribution >= 4 is 0 Å². The van der Waals surface area contributed by atoms with Crippen molar-refractivity contribution in [3.63, 3.8) is 0 Å². The lowest BCUT2D eigenvalue weighted by Gasteiger charge is -2.14. The predicted octanol–water partition coefficient (Wildman–Crippen LogP) is 0.415. The van der Waals surface area contributed by atoms with Crippen LogP contribution < -0.4 is 5.73 Å². The fourth-order valence-electron chi connectivity index (χ4n) is 1.76. The molecule has 0 aromatic heterocycles. The van der Waals surface area contributed by atoms with Gasteiger partial charge in [-0.25, -0.2) is 0 Å². The topological polar surface area (TPSA) is 75.7 Å². The van der Waals surface area contributed by atoms with Crippen molar-refractivity contribution in [1.29, 1.82) is 0 Å². The van der Waals surface area contributed by atoms with Crippen molar-refractivity contribution in [1.82, 2.24) is 0 Å². The summed E-state index contributed by atoms with van der Waals surface area (Å²) in [6, 6.07) is 3.38. The van der Waals surface area contributed by atoms with Crippen LogP contribution in [-0.2, 0) is 18.0 Å². The lowest BCUT2D eigenvalue weighted by atomic mass is 9.98. The molecule has 1 atom stereocenters. The molecule has 76 valence electrons. The van der Waals surface area contributed by atoms with Gasteiger partial charge >= 0.3 is 0 Å². The van der Waals surface area contributed by atoms with Crippen LogP contribution in [0, 0.1) is 0 Å². The van der Waals surface area contributed by atoms with Crippen LogP contribution in [0.5, 0.6) is 5.75 Å². The molecule has 1 aliphatic rings. The summed E-state index contributed by atoms with van der Waals surface area (Å²) in [5, 5.41) is 19.2. The highest BCUT2D eigenvalue weighted by Gasteiger charge is 2.22. The van der Waals surface area contributed by atoms with E-state index in [4.69, 9.17) is 10.5 Å². The van der Waals surface area contributed by atoms with E-state index in [1.807, 2.05) is 6.07 Å². The maximum atomic E-state index is 9.63. The lowest BCUT2D eigenvalue weighted by molar-refractivity contribution is 0.131. The summed E-state index contributed by atoms with van der Waals surface area (Å²) in [4.78, 5) is 0. The molecule has 4 heteroatoms. The Morgan fingerprint density at radius 1 is 1.43 bits per heavy atom. The normalized spacial score (nSPS) is 16.7. The van der Waals surface area contributed by atoms with Gasteiger partial charge < -0.3 is 20.7 Å². The van der Waals surface area contributed by atoms with E-state index in [-0.39, 0.29) is 12.3 Å². The smallest absolute Gasteiger partial charge is 0.121 e. The van der Waals surface area contributed by atoms with Crippen LogP contribution in [0.4, 0.5) is 0 Å². The highest BCUT2D eigenvalue weighted by atomic mass is 16.5. The van der Waals surface area contributed by atoms with Gasteiger partial charge in [-0.1, -0.05) is 6.07 Å². The van der Waals surface area contributed by atoms with Crippen molar-refractivity contribution in [2.45, 2.75) is 19.3 Å². The van der Waals surface area contributed by atoms with Gasteiger partial charge in [0, 0.05) is 12.1 Å². The molecule has 0 saturated heterocycles. The molecular weight excluding hydrogens is 182 g/mol. The molecule has 1 aromatic carbocycles.